The molecule has 0 bridgehead atoms. The average Bonchev–Trinajstić information content (AvgIpc) is 2.69. The van der Waals surface area contributed by atoms with Gasteiger partial charge < -0.3 is 19.4 Å². The third kappa shape index (κ3) is 4.76. The summed E-state index contributed by atoms with van der Waals surface area (Å²) in [6, 6.07) is 18.5. The summed E-state index contributed by atoms with van der Waals surface area (Å²) in [5.74, 6) is 1.10. The number of carbonyl (C=O) groups is 1. The van der Waals surface area contributed by atoms with E-state index >= 15 is 0 Å². The number of amides is 1. The number of nitrogens with zero attached hydrogens (tertiary/aromatic N) is 2. The first kappa shape index (κ1) is 18.3. The lowest BCUT2D eigenvalue weighted by molar-refractivity contribution is -0.885. The number of piperazine rings is 1. The van der Waals surface area contributed by atoms with Gasteiger partial charge in [0.25, 0.3) is 5.91 Å². The van der Waals surface area contributed by atoms with Crippen LogP contribution in [0.3, 0.4) is 0 Å². The van der Waals surface area contributed by atoms with Gasteiger partial charge in [0.1, 0.15) is 12.3 Å². The summed E-state index contributed by atoms with van der Waals surface area (Å²) in [6.07, 6.45) is 0. The van der Waals surface area contributed by atoms with E-state index in [4.69, 9.17) is 4.74 Å². The quantitative estimate of drug-likeness (QED) is 0.843. The highest BCUT2D eigenvalue weighted by atomic mass is 16.5. The van der Waals surface area contributed by atoms with Gasteiger partial charge in [-0.15, -0.1) is 0 Å². The van der Waals surface area contributed by atoms with E-state index in [0.29, 0.717) is 6.54 Å². The Hall–Kier alpha value is -2.53. The average molecular weight is 354 g/mol. The predicted molar refractivity (Wildman–Crippen MR) is 104 cm³/mol. The van der Waals surface area contributed by atoms with Crippen molar-refractivity contribution in [2.75, 3.05) is 51.8 Å². The maximum absolute atomic E-state index is 12.6. The summed E-state index contributed by atoms with van der Waals surface area (Å²) < 4.78 is 5.19. The molecule has 1 amide bonds. The zero-order valence-electron chi connectivity index (χ0n) is 15.6. The van der Waals surface area contributed by atoms with Crippen LogP contribution >= 0.6 is 0 Å². The maximum Gasteiger partial charge on any atom is 0.277 e. The van der Waals surface area contributed by atoms with Crippen LogP contribution < -0.4 is 14.5 Å². The fourth-order valence-electron chi connectivity index (χ4n) is 3.38. The fourth-order valence-corrected chi connectivity index (χ4v) is 3.38. The van der Waals surface area contributed by atoms with Gasteiger partial charge in [-0.2, -0.15) is 0 Å². The van der Waals surface area contributed by atoms with Crippen molar-refractivity contribution in [2.45, 2.75) is 6.54 Å². The molecule has 5 nitrogen and oxygen atoms in total. The van der Waals surface area contributed by atoms with Crippen molar-refractivity contribution in [2.24, 2.45) is 0 Å². The van der Waals surface area contributed by atoms with E-state index in [1.54, 1.807) is 7.11 Å². The molecule has 1 fully saturated rings. The number of ether oxygens (including phenoxy) is 1. The van der Waals surface area contributed by atoms with Gasteiger partial charge in [-0.3, -0.25) is 4.79 Å². The Labute approximate surface area is 155 Å². The van der Waals surface area contributed by atoms with Gasteiger partial charge in [0, 0.05) is 37.4 Å². The molecule has 5 heteroatoms. The van der Waals surface area contributed by atoms with Crippen LogP contribution in [-0.4, -0.2) is 57.7 Å². The van der Waals surface area contributed by atoms with Gasteiger partial charge in [0.2, 0.25) is 0 Å². The van der Waals surface area contributed by atoms with E-state index < -0.39 is 0 Å². The molecule has 0 aliphatic carbocycles. The second-order valence-electron chi connectivity index (χ2n) is 6.86. The summed E-state index contributed by atoms with van der Waals surface area (Å²) in [4.78, 5) is 18.2. The minimum absolute atomic E-state index is 0.240. The van der Waals surface area contributed by atoms with Gasteiger partial charge in [0.05, 0.1) is 14.2 Å². The topological polar surface area (TPSA) is 37.2 Å². The number of likely N-dealkylation sites (N-methyl/N-ethyl adjacent to an activating group) is 1. The Morgan fingerprint density at radius 1 is 1.00 bits per heavy atom. The molecule has 0 radical (unpaired) electrons. The Balaban J connectivity index is 1.46. The SMILES string of the molecule is COc1ccc(C[NH+](C)CC(=O)N2CCN(c3ccccc3)CC2)cc1. The first-order chi connectivity index (χ1) is 12.7. The van der Waals surface area contributed by atoms with Crippen LogP contribution in [0.1, 0.15) is 5.56 Å². The Morgan fingerprint density at radius 2 is 1.65 bits per heavy atom. The van der Waals surface area contributed by atoms with E-state index in [0.717, 1.165) is 38.5 Å². The molecule has 1 N–H and O–H groups in total. The second kappa shape index (κ2) is 8.72. The number of benzene rings is 2. The summed E-state index contributed by atoms with van der Waals surface area (Å²) in [5.41, 5.74) is 2.45. The summed E-state index contributed by atoms with van der Waals surface area (Å²) in [7, 11) is 3.74. The molecule has 1 aliphatic heterocycles. The minimum atomic E-state index is 0.240. The highest BCUT2D eigenvalue weighted by Gasteiger charge is 2.23. The molecule has 1 aliphatic rings. The second-order valence-corrected chi connectivity index (χ2v) is 6.86. The molecule has 1 unspecified atom stereocenters. The minimum Gasteiger partial charge on any atom is -0.497 e. The molecule has 1 saturated heterocycles. The van der Waals surface area contributed by atoms with Crippen LogP contribution in [0, 0.1) is 0 Å². The van der Waals surface area contributed by atoms with Crippen LogP contribution in [0.15, 0.2) is 54.6 Å². The van der Waals surface area contributed by atoms with Crippen LogP contribution in [0.4, 0.5) is 5.69 Å². The lowest BCUT2D eigenvalue weighted by atomic mass is 10.2. The van der Waals surface area contributed by atoms with Crippen molar-refractivity contribution >= 4 is 11.6 Å². The van der Waals surface area contributed by atoms with Crippen LogP contribution in [0.5, 0.6) is 5.75 Å². The van der Waals surface area contributed by atoms with Gasteiger partial charge in [-0.05, 0) is 36.4 Å². The predicted octanol–water partition coefficient (Wildman–Crippen LogP) is 1.06. The van der Waals surface area contributed by atoms with Crippen LogP contribution in [-0.2, 0) is 11.3 Å². The summed E-state index contributed by atoms with van der Waals surface area (Å²) in [6.45, 7) is 4.74. The van der Waals surface area contributed by atoms with Crippen LogP contribution in [0.25, 0.3) is 0 Å². The third-order valence-corrected chi connectivity index (χ3v) is 4.87. The number of carbonyl (C=O) groups excluding carboxylic acids is 1. The number of nitrogens with one attached hydrogen (secondary N) is 1. The molecule has 0 spiro atoms. The molecule has 138 valence electrons. The number of para-hydroxylation sites is 1. The van der Waals surface area contributed by atoms with Crippen molar-refractivity contribution in [3.8, 4) is 5.75 Å². The van der Waals surface area contributed by atoms with Crippen molar-refractivity contribution in [3.05, 3.63) is 60.2 Å². The maximum atomic E-state index is 12.6. The molecule has 3 rings (SSSR count). The van der Waals surface area contributed by atoms with E-state index in [2.05, 4.69) is 48.3 Å². The number of quaternary nitrogens is 1. The number of methoxy groups -OCH3 is 1. The van der Waals surface area contributed by atoms with E-state index in [9.17, 15) is 4.79 Å². The van der Waals surface area contributed by atoms with Gasteiger partial charge in [0.15, 0.2) is 6.54 Å². The van der Waals surface area contributed by atoms with Gasteiger partial charge in [-0.1, -0.05) is 18.2 Å². The third-order valence-electron chi connectivity index (χ3n) is 4.87. The standard InChI is InChI=1S/C21H27N3O2/c1-22(16-18-8-10-20(26-2)11-9-18)17-21(25)24-14-12-23(13-15-24)19-6-4-3-5-7-19/h3-11H,12-17H2,1-2H3/p+1. The summed E-state index contributed by atoms with van der Waals surface area (Å²) in [5, 5.41) is 0. The summed E-state index contributed by atoms with van der Waals surface area (Å²) >= 11 is 0. The molecule has 2 aromatic carbocycles. The number of hydrogen-bond donors (Lipinski definition) is 1. The van der Waals surface area contributed by atoms with Gasteiger partial charge in [-0.25, -0.2) is 0 Å². The molecule has 0 saturated carbocycles. The van der Waals surface area contributed by atoms with Crippen LogP contribution in [0.2, 0.25) is 0 Å². The Kier molecular flexibility index (Phi) is 6.12. The molecule has 2 aromatic rings. The van der Waals surface area contributed by atoms with E-state index in [1.807, 2.05) is 23.1 Å². The lowest BCUT2D eigenvalue weighted by Gasteiger charge is -2.36. The molecule has 26 heavy (non-hydrogen) atoms. The largest absolute Gasteiger partial charge is 0.497 e. The molecular formula is C21H28N3O2+. The Bertz CT molecular complexity index is 695. The Morgan fingerprint density at radius 3 is 2.27 bits per heavy atom. The fraction of sp³-hybridized carbons (Fsp3) is 0.381. The zero-order valence-corrected chi connectivity index (χ0v) is 15.6. The number of hydrogen-bond acceptors (Lipinski definition) is 3. The van der Waals surface area contributed by atoms with Crippen molar-refractivity contribution in [3.63, 3.8) is 0 Å². The molecule has 1 heterocycles. The molecule has 0 aromatic heterocycles. The van der Waals surface area contributed by atoms with Crippen molar-refractivity contribution < 1.29 is 14.4 Å². The molecular weight excluding hydrogens is 326 g/mol. The van der Waals surface area contributed by atoms with Crippen molar-refractivity contribution in [1.82, 2.24) is 4.90 Å². The molecule has 1 atom stereocenters. The smallest absolute Gasteiger partial charge is 0.277 e. The number of anilines is 1. The first-order valence-electron chi connectivity index (χ1n) is 9.17. The lowest BCUT2D eigenvalue weighted by Crippen LogP contribution is -3.09. The van der Waals surface area contributed by atoms with E-state index in [-0.39, 0.29) is 5.91 Å². The first-order valence-corrected chi connectivity index (χ1v) is 9.17. The highest BCUT2D eigenvalue weighted by Crippen LogP contribution is 2.15. The normalized spacial score (nSPS) is 15.6. The zero-order chi connectivity index (χ0) is 18.4. The number of rotatable bonds is 6. The monoisotopic (exact) mass is 354 g/mol. The highest BCUT2D eigenvalue weighted by molar-refractivity contribution is 5.77. The van der Waals surface area contributed by atoms with E-state index in [1.165, 1.54) is 16.2 Å². The van der Waals surface area contributed by atoms with Crippen molar-refractivity contribution in [1.29, 1.82) is 0 Å². The van der Waals surface area contributed by atoms with Gasteiger partial charge >= 0.3 is 0 Å².